The number of rotatable bonds is 6. The largest absolute Gasteiger partial charge is 0.379 e. The number of nitro groups is 1. The molecule has 1 aliphatic rings. The Bertz CT molecular complexity index is 761. The normalized spacial score (nSPS) is 15.7. The van der Waals surface area contributed by atoms with Crippen LogP contribution in [0.3, 0.4) is 0 Å². The van der Waals surface area contributed by atoms with Crippen molar-refractivity contribution in [2.45, 2.75) is 6.04 Å². The van der Waals surface area contributed by atoms with Gasteiger partial charge >= 0.3 is 6.03 Å². The number of morpholine rings is 1. The quantitative estimate of drug-likeness (QED) is 0.602. The van der Waals surface area contributed by atoms with Crippen molar-refractivity contribution in [2.75, 3.05) is 38.2 Å². The molecule has 0 saturated carbocycles. The second-order valence-corrected chi connectivity index (χ2v) is 6.28. The third-order valence-electron chi connectivity index (χ3n) is 4.39. The van der Waals surface area contributed by atoms with Crippen molar-refractivity contribution in [3.63, 3.8) is 0 Å². The Morgan fingerprint density at radius 2 is 1.78 bits per heavy atom. The van der Waals surface area contributed by atoms with Crippen molar-refractivity contribution in [3.05, 3.63) is 70.3 Å². The van der Waals surface area contributed by atoms with Crippen molar-refractivity contribution < 1.29 is 14.5 Å². The van der Waals surface area contributed by atoms with Crippen LogP contribution in [0.15, 0.2) is 54.6 Å². The van der Waals surface area contributed by atoms with Gasteiger partial charge in [-0.3, -0.25) is 15.0 Å². The first-order chi connectivity index (χ1) is 13.1. The van der Waals surface area contributed by atoms with Gasteiger partial charge in [0.05, 0.1) is 24.2 Å². The number of urea groups is 1. The highest BCUT2D eigenvalue weighted by Crippen LogP contribution is 2.17. The van der Waals surface area contributed by atoms with Gasteiger partial charge in [-0.25, -0.2) is 4.79 Å². The van der Waals surface area contributed by atoms with E-state index in [0.29, 0.717) is 25.4 Å². The number of non-ortho nitro benzene ring substituents is 1. The van der Waals surface area contributed by atoms with Crippen LogP contribution in [0, 0.1) is 10.1 Å². The summed E-state index contributed by atoms with van der Waals surface area (Å²) in [5.41, 5.74) is 1.49. The molecule has 142 valence electrons. The number of carbonyl (C=O) groups excluding carboxylic acids is 1. The number of ether oxygens (including phenoxy) is 1. The van der Waals surface area contributed by atoms with Crippen molar-refractivity contribution in [2.24, 2.45) is 0 Å². The van der Waals surface area contributed by atoms with E-state index in [0.717, 1.165) is 18.7 Å². The van der Waals surface area contributed by atoms with Crippen LogP contribution in [0.5, 0.6) is 0 Å². The van der Waals surface area contributed by atoms with E-state index in [4.69, 9.17) is 4.74 Å². The number of anilines is 1. The monoisotopic (exact) mass is 370 g/mol. The summed E-state index contributed by atoms with van der Waals surface area (Å²) >= 11 is 0. The SMILES string of the molecule is O=C(Nc1ccc([N+](=O)[O-])cc1)NC(CN1CCOCC1)c1ccccc1. The Balaban J connectivity index is 1.65. The molecule has 2 amide bonds. The zero-order valence-electron chi connectivity index (χ0n) is 14.8. The molecule has 1 atom stereocenters. The molecular weight excluding hydrogens is 348 g/mol. The second-order valence-electron chi connectivity index (χ2n) is 6.28. The maximum absolute atomic E-state index is 12.5. The van der Waals surface area contributed by atoms with E-state index in [2.05, 4.69) is 15.5 Å². The summed E-state index contributed by atoms with van der Waals surface area (Å²) in [5.74, 6) is 0. The van der Waals surface area contributed by atoms with E-state index in [1.807, 2.05) is 30.3 Å². The van der Waals surface area contributed by atoms with Gasteiger partial charge in [0.1, 0.15) is 0 Å². The highest BCUT2D eigenvalue weighted by atomic mass is 16.6. The number of amides is 2. The molecule has 1 saturated heterocycles. The van der Waals surface area contributed by atoms with Crippen LogP contribution < -0.4 is 10.6 Å². The standard InChI is InChI=1S/C19H22N4O4/c24-19(20-16-6-8-17(9-7-16)23(25)26)21-18(15-4-2-1-3-5-15)14-22-10-12-27-13-11-22/h1-9,18H,10-14H2,(H2,20,21,24). The average Bonchev–Trinajstić information content (AvgIpc) is 2.69. The summed E-state index contributed by atoms with van der Waals surface area (Å²) < 4.78 is 5.38. The molecule has 1 aliphatic heterocycles. The number of hydrogen-bond donors (Lipinski definition) is 2. The fourth-order valence-electron chi connectivity index (χ4n) is 2.95. The van der Waals surface area contributed by atoms with Gasteiger partial charge in [0, 0.05) is 37.5 Å². The summed E-state index contributed by atoms with van der Waals surface area (Å²) in [6.07, 6.45) is 0. The number of carbonyl (C=O) groups is 1. The van der Waals surface area contributed by atoms with Gasteiger partial charge in [0.25, 0.3) is 5.69 Å². The van der Waals surface area contributed by atoms with Gasteiger partial charge in [-0.2, -0.15) is 0 Å². The fourth-order valence-corrected chi connectivity index (χ4v) is 2.95. The molecule has 27 heavy (non-hydrogen) atoms. The van der Waals surface area contributed by atoms with Gasteiger partial charge in [0.2, 0.25) is 0 Å². The number of hydrogen-bond acceptors (Lipinski definition) is 5. The lowest BCUT2D eigenvalue weighted by Gasteiger charge is -2.31. The van der Waals surface area contributed by atoms with Crippen molar-refractivity contribution in [1.29, 1.82) is 0 Å². The minimum atomic E-state index is -0.475. The molecule has 0 aliphatic carbocycles. The van der Waals surface area contributed by atoms with E-state index in [9.17, 15) is 14.9 Å². The Morgan fingerprint density at radius 3 is 2.41 bits per heavy atom. The van der Waals surface area contributed by atoms with Gasteiger partial charge in [-0.1, -0.05) is 30.3 Å². The first kappa shape index (κ1) is 18.8. The van der Waals surface area contributed by atoms with Gasteiger partial charge < -0.3 is 15.4 Å². The van der Waals surface area contributed by atoms with Gasteiger partial charge in [-0.05, 0) is 17.7 Å². The predicted octanol–water partition coefficient (Wildman–Crippen LogP) is 2.79. The van der Waals surface area contributed by atoms with Crippen molar-refractivity contribution >= 4 is 17.4 Å². The molecule has 8 nitrogen and oxygen atoms in total. The molecule has 0 bridgehead atoms. The molecular formula is C19H22N4O4. The van der Waals surface area contributed by atoms with Crippen LogP contribution in [-0.4, -0.2) is 48.7 Å². The maximum Gasteiger partial charge on any atom is 0.319 e. The van der Waals surface area contributed by atoms with Crippen LogP contribution in [0.1, 0.15) is 11.6 Å². The minimum Gasteiger partial charge on any atom is -0.379 e. The van der Waals surface area contributed by atoms with E-state index in [1.165, 1.54) is 24.3 Å². The third kappa shape index (κ3) is 5.50. The highest BCUT2D eigenvalue weighted by molar-refractivity contribution is 5.89. The Hall–Kier alpha value is -2.97. The summed E-state index contributed by atoms with van der Waals surface area (Å²) in [6.45, 7) is 3.72. The summed E-state index contributed by atoms with van der Waals surface area (Å²) in [6, 6.07) is 15.0. The molecule has 2 N–H and O–H groups in total. The first-order valence-corrected chi connectivity index (χ1v) is 8.79. The molecule has 0 radical (unpaired) electrons. The third-order valence-corrected chi connectivity index (χ3v) is 4.39. The summed E-state index contributed by atoms with van der Waals surface area (Å²) in [5, 5.41) is 16.4. The summed E-state index contributed by atoms with van der Waals surface area (Å²) in [7, 11) is 0. The fraction of sp³-hybridized carbons (Fsp3) is 0.316. The number of nitro benzene ring substituents is 1. The van der Waals surface area contributed by atoms with E-state index in [1.54, 1.807) is 0 Å². The van der Waals surface area contributed by atoms with Crippen LogP contribution in [-0.2, 0) is 4.74 Å². The molecule has 2 aromatic rings. The lowest BCUT2D eigenvalue weighted by molar-refractivity contribution is -0.384. The first-order valence-electron chi connectivity index (χ1n) is 8.79. The lowest BCUT2D eigenvalue weighted by Crippen LogP contribution is -2.44. The van der Waals surface area contributed by atoms with Crippen molar-refractivity contribution in [1.82, 2.24) is 10.2 Å². The predicted molar refractivity (Wildman–Crippen MR) is 102 cm³/mol. The number of nitrogens with one attached hydrogen (secondary N) is 2. The average molecular weight is 370 g/mol. The molecule has 2 aromatic carbocycles. The Labute approximate surface area is 157 Å². The number of benzene rings is 2. The Kier molecular flexibility index (Phi) is 6.35. The lowest BCUT2D eigenvalue weighted by atomic mass is 10.1. The molecule has 0 aromatic heterocycles. The molecule has 1 heterocycles. The number of nitrogens with zero attached hydrogens (tertiary/aromatic N) is 2. The molecule has 8 heteroatoms. The molecule has 0 spiro atoms. The molecule has 3 rings (SSSR count). The highest BCUT2D eigenvalue weighted by Gasteiger charge is 2.20. The zero-order valence-corrected chi connectivity index (χ0v) is 14.8. The van der Waals surface area contributed by atoms with Crippen LogP contribution >= 0.6 is 0 Å². The Morgan fingerprint density at radius 1 is 1.11 bits per heavy atom. The molecule has 1 unspecified atom stereocenters. The molecule has 1 fully saturated rings. The van der Waals surface area contributed by atoms with Crippen LogP contribution in [0.25, 0.3) is 0 Å². The summed E-state index contributed by atoms with van der Waals surface area (Å²) in [4.78, 5) is 25.0. The zero-order chi connectivity index (χ0) is 19.1. The van der Waals surface area contributed by atoms with Gasteiger partial charge in [0.15, 0.2) is 0 Å². The van der Waals surface area contributed by atoms with Gasteiger partial charge in [-0.15, -0.1) is 0 Å². The van der Waals surface area contributed by atoms with Crippen LogP contribution in [0.2, 0.25) is 0 Å². The van der Waals surface area contributed by atoms with Crippen molar-refractivity contribution in [3.8, 4) is 0 Å². The van der Waals surface area contributed by atoms with E-state index < -0.39 is 4.92 Å². The smallest absolute Gasteiger partial charge is 0.319 e. The minimum absolute atomic E-state index is 0.0181. The second kappa shape index (κ2) is 9.11. The van der Waals surface area contributed by atoms with Crippen LogP contribution in [0.4, 0.5) is 16.2 Å². The maximum atomic E-state index is 12.5. The topological polar surface area (TPSA) is 96.7 Å². The van der Waals surface area contributed by atoms with E-state index in [-0.39, 0.29) is 17.8 Å². The van der Waals surface area contributed by atoms with E-state index >= 15 is 0 Å².